The van der Waals surface area contributed by atoms with Gasteiger partial charge in [0, 0.05) is 23.6 Å². The summed E-state index contributed by atoms with van der Waals surface area (Å²) in [6, 6.07) is 6.39. The molecule has 0 radical (unpaired) electrons. The number of nitrogens with one attached hydrogen (secondary N) is 1. The van der Waals surface area contributed by atoms with Gasteiger partial charge in [-0.15, -0.1) is 11.8 Å². The van der Waals surface area contributed by atoms with Crippen LogP contribution in [-0.4, -0.2) is 29.3 Å². The van der Waals surface area contributed by atoms with E-state index in [0.29, 0.717) is 17.1 Å². The smallest absolute Gasteiger partial charge is 0.308 e. The number of halogens is 1. The van der Waals surface area contributed by atoms with Gasteiger partial charge in [-0.2, -0.15) is 0 Å². The van der Waals surface area contributed by atoms with E-state index in [1.54, 1.807) is 25.1 Å². The van der Waals surface area contributed by atoms with Gasteiger partial charge in [-0.1, -0.05) is 19.1 Å². The van der Waals surface area contributed by atoms with Crippen LogP contribution in [0.25, 0.3) is 0 Å². The second-order valence-corrected chi connectivity index (χ2v) is 5.41. The molecule has 2 N–H and O–H groups in total. The largest absolute Gasteiger partial charge is 0.481 e. The van der Waals surface area contributed by atoms with Crippen LogP contribution >= 0.6 is 11.8 Å². The van der Waals surface area contributed by atoms with E-state index >= 15 is 0 Å². The molecule has 6 heteroatoms. The van der Waals surface area contributed by atoms with Crippen LogP contribution < -0.4 is 5.32 Å². The van der Waals surface area contributed by atoms with Gasteiger partial charge in [0.05, 0.1) is 5.92 Å². The fourth-order valence-electron chi connectivity index (χ4n) is 1.55. The molecule has 0 saturated carbocycles. The van der Waals surface area contributed by atoms with Crippen LogP contribution in [0.15, 0.2) is 29.2 Å². The Hall–Kier alpha value is -1.56. The summed E-state index contributed by atoms with van der Waals surface area (Å²) >= 11 is 1.27. The highest BCUT2D eigenvalue weighted by Crippen LogP contribution is 2.21. The molecule has 0 heterocycles. The number of amides is 1. The molecular weight excluding hydrogens is 281 g/mol. The Morgan fingerprint density at radius 3 is 2.70 bits per heavy atom. The zero-order chi connectivity index (χ0) is 15.0. The molecule has 1 rings (SSSR count). The summed E-state index contributed by atoms with van der Waals surface area (Å²) in [5.41, 5.74) is 0. The van der Waals surface area contributed by atoms with Gasteiger partial charge in [0.1, 0.15) is 5.82 Å². The average Bonchev–Trinajstić information content (AvgIpc) is 2.41. The Balaban J connectivity index is 2.27. The highest BCUT2D eigenvalue weighted by molar-refractivity contribution is 7.99. The van der Waals surface area contributed by atoms with E-state index < -0.39 is 11.9 Å². The normalized spacial score (nSPS) is 11.9. The Morgan fingerprint density at radius 1 is 1.40 bits per heavy atom. The number of carboxylic acids is 1. The molecule has 0 bridgehead atoms. The van der Waals surface area contributed by atoms with Crippen LogP contribution in [0.4, 0.5) is 4.39 Å². The van der Waals surface area contributed by atoms with Crippen molar-refractivity contribution in [2.75, 3.05) is 12.3 Å². The zero-order valence-electron chi connectivity index (χ0n) is 11.3. The lowest BCUT2D eigenvalue weighted by Gasteiger charge is -2.11. The van der Waals surface area contributed by atoms with E-state index in [1.165, 1.54) is 17.8 Å². The molecule has 1 unspecified atom stereocenters. The summed E-state index contributed by atoms with van der Waals surface area (Å²) in [5, 5.41) is 11.4. The quantitative estimate of drug-likeness (QED) is 0.724. The fraction of sp³-hybridized carbons (Fsp3) is 0.429. The number of carbonyl (C=O) groups is 2. The summed E-state index contributed by atoms with van der Waals surface area (Å²) in [4.78, 5) is 22.8. The van der Waals surface area contributed by atoms with Crippen LogP contribution in [0.1, 0.15) is 19.8 Å². The third kappa shape index (κ3) is 5.61. The van der Waals surface area contributed by atoms with E-state index in [0.717, 1.165) is 0 Å². The van der Waals surface area contributed by atoms with Crippen molar-refractivity contribution >= 4 is 23.6 Å². The van der Waals surface area contributed by atoms with Gasteiger partial charge in [-0.25, -0.2) is 4.39 Å². The first-order valence-electron chi connectivity index (χ1n) is 6.41. The Kier molecular flexibility index (Phi) is 7.08. The summed E-state index contributed by atoms with van der Waals surface area (Å²) in [5.74, 6) is -1.52. The third-order valence-corrected chi connectivity index (χ3v) is 3.86. The van der Waals surface area contributed by atoms with Crippen molar-refractivity contribution in [3.05, 3.63) is 30.1 Å². The maximum Gasteiger partial charge on any atom is 0.308 e. The number of carboxylic acid groups (broad SMARTS) is 1. The third-order valence-electron chi connectivity index (χ3n) is 2.81. The first kappa shape index (κ1) is 16.5. The van der Waals surface area contributed by atoms with Gasteiger partial charge in [0.2, 0.25) is 5.91 Å². The number of carbonyl (C=O) groups excluding carboxylic acids is 1. The lowest BCUT2D eigenvalue weighted by Crippen LogP contribution is -2.32. The molecule has 0 spiro atoms. The zero-order valence-corrected chi connectivity index (χ0v) is 12.1. The standard InChI is InChI=1S/C14H18FNO3S/c1-2-10(14(18)19)9-16-13(17)7-8-20-12-6-4-3-5-11(12)15/h3-6,10H,2,7-9H2,1H3,(H,16,17)(H,18,19). The van der Waals surface area contributed by atoms with E-state index in [-0.39, 0.29) is 24.7 Å². The molecule has 1 aromatic rings. The summed E-state index contributed by atoms with van der Waals surface area (Å²) in [6.07, 6.45) is 0.703. The number of benzene rings is 1. The van der Waals surface area contributed by atoms with Crippen LogP contribution in [0.3, 0.4) is 0 Å². The van der Waals surface area contributed by atoms with E-state index in [9.17, 15) is 14.0 Å². The molecular formula is C14H18FNO3S. The van der Waals surface area contributed by atoms with Crippen molar-refractivity contribution in [3.63, 3.8) is 0 Å². The average molecular weight is 299 g/mol. The molecule has 0 aliphatic rings. The van der Waals surface area contributed by atoms with Crippen molar-refractivity contribution in [2.24, 2.45) is 5.92 Å². The van der Waals surface area contributed by atoms with Crippen molar-refractivity contribution < 1.29 is 19.1 Å². The molecule has 1 aromatic carbocycles. The van der Waals surface area contributed by atoms with E-state index in [1.807, 2.05) is 0 Å². The molecule has 1 amide bonds. The van der Waals surface area contributed by atoms with Crippen LogP contribution in [-0.2, 0) is 9.59 Å². The second-order valence-electron chi connectivity index (χ2n) is 4.28. The lowest BCUT2D eigenvalue weighted by molar-refractivity contribution is -0.141. The Labute approximate surface area is 121 Å². The van der Waals surface area contributed by atoms with E-state index in [2.05, 4.69) is 5.32 Å². The van der Waals surface area contributed by atoms with Crippen molar-refractivity contribution in [2.45, 2.75) is 24.7 Å². The second kappa shape index (κ2) is 8.58. The van der Waals surface area contributed by atoms with Gasteiger partial charge in [0.25, 0.3) is 0 Å². The minimum absolute atomic E-state index is 0.134. The van der Waals surface area contributed by atoms with Gasteiger partial charge < -0.3 is 10.4 Å². The SMILES string of the molecule is CCC(CNC(=O)CCSc1ccccc1F)C(=O)O. The molecule has 0 aliphatic carbocycles. The molecule has 20 heavy (non-hydrogen) atoms. The molecule has 0 fully saturated rings. The predicted molar refractivity (Wildman–Crippen MR) is 76.2 cm³/mol. The topological polar surface area (TPSA) is 66.4 Å². The molecule has 110 valence electrons. The lowest BCUT2D eigenvalue weighted by atomic mass is 10.1. The monoisotopic (exact) mass is 299 g/mol. The number of hydrogen-bond donors (Lipinski definition) is 2. The highest BCUT2D eigenvalue weighted by atomic mass is 32.2. The van der Waals surface area contributed by atoms with Gasteiger partial charge >= 0.3 is 5.97 Å². The number of hydrogen-bond acceptors (Lipinski definition) is 3. The number of thioether (sulfide) groups is 1. The van der Waals surface area contributed by atoms with Crippen LogP contribution in [0.5, 0.6) is 0 Å². The summed E-state index contributed by atoms with van der Waals surface area (Å²) < 4.78 is 13.3. The summed E-state index contributed by atoms with van der Waals surface area (Å²) in [7, 11) is 0. The molecule has 0 saturated heterocycles. The Morgan fingerprint density at radius 2 is 2.10 bits per heavy atom. The number of rotatable bonds is 8. The highest BCUT2D eigenvalue weighted by Gasteiger charge is 2.15. The molecule has 1 atom stereocenters. The maximum absolute atomic E-state index is 13.3. The molecule has 0 aliphatic heterocycles. The van der Waals surface area contributed by atoms with Crippen LogP contribution in [0, 0.1) is 11.7 Å². The number of aliphatic carboxylic acids is 1. The van der Waals surface area contributed by atoms with Crippen molar-refractivity contribution in [1.29, 1.82) is 0 Å². The van der Waals surface area contributed by atoms with Crippen LogP contribution in [0.2, 0.25) is 0 Å². The van der Waals surface area contributed by atoms with Gasteiger partial charge in [-0.05, 0) is 18.6 Å². The van der Waals surface area contributed by atoms with Crippen molar-refractivity contribution in [1.82, 2.24) is 5.32 Å². The minimum atomic E-state index is -0.909. The fourth-order valence-corrected chi connectivity index (χ4v) is 2.44. The first-order valence-corrected chi connectivity index (χ1v) is 7.40. The van der Waals surface area contributed by atoms with Gasteiger partial charge in [0.15, 0.2) is 0 Å². The van der Waals surface area contributed by atoms with Gasteiger partial charge in [-0.3, -0.25) is 9.59 Å². The van der Waals surface area contributed by atoms with Crippen molar-refractivity contribution in [3.8, 4) is 0 Å². The van der Waals surface area contributed by atoms with E-state index in [4.69, 9.17) is 5.11 Å². The first-order chi connectivity index (χ1) is 9.54. The molecule has 4 nitrogen and oxygen atoms in total. The maximum atomic E-state index is 13.3. The minimum Gasteiger partial charge on any atom is -0.481 e. The summed E-state index contributed by atoms with van der Waals surface area (Å²) in [6.45, 7) is 1.90. The predicted octanol–water partition coefficient (Wildman–Crippen LogP) is 2.53. The molecule has 0 aromatic heterocycles. The Bertz CT molecular complexity index is 467.